The van der Waals surface area contributed by atoms with Gasteiger partial charge in [-0.15, -0.1) is 0 Å². The zero-order valence-electron chi connectivity index (χ0n) is 13.1. The molecule has 0 aliphatic rings. The van der Waals surface area contributed by atoms with Crippen LogP contribution in [0.15, 0.2) is 36.0 Å². The average molecular weight is 390 g/mol. The van der Waals surface area contributed by atoms with Crippen LogP contribution in [0.4, 0.5) is 0 Å². The molecule has 114 valence electrons. The maximum atomic E-state index is 12.7. The molecule has 0 aromatic heterocycles. The second-order valence-corrected chi connectivity index (χ2v) is 8.58. The molecule has 0 heterocycles. The second-order valence-electron chi connectivity index (χ2n) is 6.18. The molecule has 0 aromatic carbocycles. The molecule has 0 aromatic rings. The Hall–Kier alpha value is -0.910. The molecule has 2 amide bonds. The van der Waals surface area contributed by atoms with Crippen LogP contribution in [0.1, 0.15) is 34.6 Å². The number of imide groups is 1. The van der Waals surface area contributed by atoms with E-state index in [1.165, 1.54) is 3.11 Å². The number of carbonyl (C=O) groups is 2. The van der Waals surface area contributed by atoms with Crippen molar-refractivity contribution in [1.82, 2.24) is 3.11 Å². The molecule has 1 unspecified atom stereocenters. The molecule has 0 aliphatic heterocycles. The minimum atomic E-state index is -0.876. The van der Waals surface area contributed by atoms with Gasteiger partial charge in [-0.3, -0.25) is 0 Å². The molecule has 4 heteroatoms. The van der Waals surface area contributed by atoms with E-state index in [0.29, 0.717) is 0 Å². The number of carbonyl (C=O) groups excluding carboxylic acids is 2. The fourth-order valence-corrected chi connectivity index (χ4v) is 3.39. The number of hydrogen-bond donors (Lipinski definition) is 0. The molecule has 0 saturated carbocycles. The molecule has 0 saturated heterocycles. The van der Waals surface area contributed by atoms with Crippen molar-refractivity contribution in [3.05, 3.63) is 36.0 Å². The van der Waals surface area contributed by atoms with E-state index in [1.807, 2.05) is 20.8 Å². The number of amides is 2. The molecule has 0 bridgehead atoms. The number of hydrogen-bond acceptors (Lipinski definition) is 2. The molecule has 0 fully saturated rings. The quantitative estimate of drug-likeness (QED) is 0.378. The van der Waals surface area contributed by atoms with Crippen LogP contribution in [0, 0.1) is 16.7 Å². The first-order valence-corrected chi connectivity index (χ1v) is 8.63. The Kier molecular flexibility index (Phi) is 6.87. The van der Waals surface area contributed by atoms with Gasteiger partial charge in [0.1, 0.15) is 0 Å². The third-order valence-corrected chi connectivity index (χ3v) is 4.90. The van der Waals surface area contributed by atoms with E-state index in [0.717, 1.165) is 0 Å². The van der Waals surface area contributed by atoms with Crippen molar-refractivity contribution in [2.45, 2.75) is 34.6 Å². The first-order chi connectivity index (χ1) is 9.02. The Morgan fingerprint density at radius 3 is 1.90 bits per heavy atom. The fourth-order valence-electron chi connectivity index (χ4n) is 1.55. The van der Waals surface area contributed by atoms with Gasteiger partial charge in [0.15, 0.2) is 0 Å². The Labute approximate surface area is 133 Å². The summed E-state index contributed by atoms with van der Waals surface area (Å²) < 4.78 is 3.02. The van der Waals surface area contributed by atoms with Gasteiger partial charge in [-0.25, -0.2) is 0 Å². The van der Waals surface area contributed by atoms with Crippen LogP contribution in [-0.4, -0.2) is 14.9 Å². The van der Waals surface area contributed by atoms with Gasteiger partial charge in [0.2, 0.25) is 0 Å². The van der Waals surface area contributed by atoms with Gasteiger partial charge >= 0.3 is 133 Å². The van der Waals surface area contributed by atoms with Crippen molar-refractivity contribution >= 4 is 11.8 Å². The van der Waals surface area contributed by atoms with E-state index < -0.39 is 32.8 Å². The molecule has 0 rings (SSSR count). The third-order valence-electron chi connectivity index (χ3n) is 3.03. The molecule has 0 spiro atoms. The predicted molar refractivity (Wildman–Crippen MR) is 79.2 cm³/mol. The van der Waals surface area contributed by atoms with Gasteiger partial charge in [0.05, 0.1) is 0 Å². The van der Waals surface area contributed by atoms with E-state index >= 15 is 0 Å². The molecule has 20 heavy (non-hydrogen) atoms. The minimum absolute atomic E-state index is 0.194. The molecule has 0 N–H and O–H groups in total. The number of rotatable bonds is 6. The summed E-state index contributed by atoms with van der Waals surface area (Å²) in [6, 6.07) is 0. The standard InChI is InChI=1S/C16H25INO2/c1-9-12(15(4,5)6)13(19)18(17-11-3)14(20)16(7,8)10-2/h9-12H,1-3H2,4-8H3/q-1. The Morgan fingerprint density at radius 2 is 1.60 bits per heavy atom. The van der Waals surface area contributed by atoms with Crippen LogP contribution >= 0.6 is 0 Å². The average Bonchev–Trinajstić information content (AvgIpc) is 2.33. The van der Waals surface area contributed by atoms with Crippen LogP contribution in [0.25, 0.3) is 0 Å². The normalized spacial score (nSPS) is 13.4. The second kappa shape index (κ2) is 7.20. The van der Waals surface area contributed by atoms with Gasteiger partial charge in [-0.2, -0.15) is 0 Å². The van der Waals surface area contributed by atoms with Crippen molar-refractivity contribution in [2.75, 3.05) is 0 Å². The summed E-state index contributed by atoms with van der Waals surface area (Å²) in [7, 11) is 0. The molecular formula is C16H25INO2-. The topological polar surface area (TPSA) is 37.4 Å². The Bertz CT molecular complexity index is 419. The van der Waals surface area contributed by atoms with Crippen LogP contribution in [0.5, 0.6) is 0 Å². The first-order valence-electron chi connectivity index (χ1n) is 6.42. The third kappa shape index (κ3) is 4.58. The summed E-state index contributed by atoms with van der Waals surface area (Å²) in [5.74, 6) is -0.812. The monoisotopic (exact) mass is 390 g/mol. The Balaban J connectivity index is 5.54. The van der Waals surface area contributed by atoms with Crippen LogP contribution in [-0.2, 0) is 9.59 Å². The van der Waals surface area contributed by atoms with E-state index in [4.69, 9.17) is 0 Å². The van der Waals surface area contributed by atoms with Crippen molar-refractivity contribution in [2.24, 2.45) is 16.7 Å². The van der Waals surface area contributed by atoms with E-state index in [2.05, 4.69) is 19.7 Å². The molecule has 1 atom stereocenters. The van der Waals surface area contributed by atoms with Gasteiger partial charge in [-0.05, 0) is 0 Å². The summed E-state index contributed by atoms with van der Waals surface area (Å²) in [4.78, 5) is 25.2. The Morgan fingerprint density at radius 1 is 1.10 bits per heavy atom. The van der Waals surface area contributed by atoms with Crippen LogP contribution in [0.3, 0.4) is 0 Å². The number of nitrogens with zero attached hydrogens (tertiary/aromatic N) is 1. The summed E-state index contributed by atoms with van der Waals surface area (Å²) in [5, 5.41) is 0. The van der Waals surface area contributed by atoms with Gasteiger partial charge in [0, 0.05) is 0 Å². The van der Waals surface area contributed by atoms with Crippen molar-refractivity contribution in [3.63, 3.8) is 0 Å². The van der Waals surface area contributed by atoms with E-state index in [-0.39, 0.29) is 17.2 Å². The summed E-state index contributed by atoms with van der Waals surface area (Å²) in [5.41, 5.74) is -1.04. The van der Waals surface area contributed by atoms with Crippen molar-refractivity contribution < 1.29 is 31.1 Å². The van der Waals surface area contributed by atoms with E-state index in [9.17, 15) is 9.59 Å². The molecule has 3 nitrogen and oxygen atoms in total. The van der Waals surface area contributed by atoms with Crippen LogP contribution in [0.2, 0.25) is 0 Å². The summed E-state index contributed by atoms with van der Waals surface area (Å²) in [6.45, 7) is 20.5. The molecule has 0 radical (unpaired) electrons. The van der Waals surface area contributed by atoms with E-state index in [1.54, 1.807) is 30.1 Å². The van der Waals surface area contributed by atoms with Gasteiger partial charge in [0.25, 0.3) is 0 Å². The zero-order valence-corrected chi connectivity index (χ0v) is 15.2. The van der Waals surface area contributed by atoms with Gasteiger partial charge < -0.3 is 0 Å². The molecule has 0 aliphatic carbocycles. The van der Waals surface area contributed by atoms with Gasteiger partial charge in [-0.1, -0.05) is 0 Å². The van der Waals surface area contributed by atoms with Crippen LogP contribution < -0.4 is 21.5 Å². The summed E-state index contributed by atoms with van der Waals surface area (Å²) >= 11 is -0.876. The molecular weight excluding hydrogens is 365 g/mol. The fraction of sp³-hybridized carbons (Fsp3) is 0.500. The maximum absolute atomic E-state index is 12.7. The number of halogens is 1. The van der Waals surface area contributed by atoms with Crippen molar-refractivity contribution in [3.8, 4) is 0 Å². The van der Waals surface area contributed by atoms with Crippen molar-refractivity contribution in [1.29, 1.82) is 0 Å². The first kappa shape index (κ1) is 19.1. The predicted octanol–water partition coefficient (Wildman–Crippen LogP) is 0.550. The summed E-state index contributed by atoms with van der Waals surface area (Å²) in [6.07, 6.45) is 3.19. The SMILES string of the molecule is C=C[I-]N(C(=O)C(C=C)C(C)(C)C)C(=O)C(C)(C)C=C. The zero-order chi connectivity index (χ0) is 16.1.